The molecule has 0 aliphatic rings. The molecular weight excluding hydrogens is 218 g/mol. The van der Waals surface area contributed by atoms with E-state index in [9.17, 15) is 4.79 Å². The van der Waals surface area contributed by atoms with Crippen molar-refractivity contribution in [2.24, 2.45) is 0 Å². The molecule has 3 nitrogen and oxygen atoms in total. The second kappa shape index (κ2) is 5.07. The first-order valence-corrected chi connectivity index (χ1v) is 5.33. The van der Waals surface area contributed by atoms with Gasteiger partial charge in [0, 0.05) is 12.0 Å². The molecule has 5 heteroatoms. The summed E-state index contributed by atoms with van der Waals surface area (Å²) in [6.07, 6.45) is -0.0583. The highest BCUT2D eigenvalue weighted by atomic mass is 32.1. The number of carboxylic acid groups (broad SMARTS) is 1. The van der Waals surface area contributed by atoms with Gasteiger partial charge in [-0.25, -0.2) is 0 Å². The molecule has 0 amide bonds. The van der Waals surface area contributed by atoms with E-state index in [0.717, 1.165) is 10.6 Å². The van der Waals surface area contributed by atoms with Crippen LogP contribution < -0.4 is 5.32 Å². The fourth-order valence-electron chi connectivity index (χ4n) is 1.06. The van der Waals surface area contributed by atoms with Crippen molar-refractivity contribution in [1.29, 1.82) is 0 Å². The first kappa shape index (κ1) is 11.1. The standard InChI is InChI=1S/C9H11NO2S2/c1-10-9(6(13)5-8(11)12)7-3-2-4-14-7/h2-4,10,13H,5H2,1H3,(H,11,12)/b9-6-. The van der Waals surface area contributed by atoms with Gasteiger partial charge >= 0.3 is 5.97 Å². The summed E-state index contributed by atoms with van der Waals surface area (Å²) in [5.41, 5.74) is 0.783. The van der Waals surface area contributed by atoms with Gasteiger partial charge < -0.3 is 10.4 Å². The zero-order valence-corrected chi connectivity index (χ0v) is 9.36. The maximum atomic E-state index is 10.5. The topological polar surface area (TPSA) is 49.3 Å². The lowest BCUT2D eigenvalue weighted by molar-refractivity contribution is -0.136. The minimum absolute atomic E-state index is 0.0583. The minimum atomic E-state index is -0.876. The van der Waals surface area contributed by atoms with Crippen molar-refractivity contribution in [1.82, 2.24) is 5.32 Å². The lowest BCUT2D eigenvalue weighted by Gasteiger charge is -2.07. The van der Waals surface area contributed by atoms with Crippen molar-refractivity contribution >= 4 is 35.6 Å². The number of carboxylic acids is 1. The van der Waals surface area contributed by atoms with Gasteiger partial charge in [-0.05, 0) is 11.4 Å². The second-order valence-corrected chi connectivity index (χ2v) is 4.11. The lowest BCUT2D eigenvalue weighted by atomic mass is 10.3. The zero-order valence-electron chi connectivity index (χ0n) is 7.65. The Morgan fingerprint density at radius 2 is 2.43 bits per heavy atom. The predicted molar refractivity (Wildman–Crippen MR) is 61.5 cm³/mol. The number of aliphatic carboxylic acids is 1. The van der Waals surface area contributed by atoms with E-state index in [1.807, 2.05) is 17.5 Å². The molecule has 0 unspecified atom stereocenters. The van der Waals surface area contributed by atoms with E-state index in [1.165, 1.54) is 0 Å². The number of thiol groups is 1. The summed E-state index contributed by atoms with van der Waals surface area (Å²) in [5.74, 6) is -0.876. The maximum Gasteiger partial charge on any atom is 0.308 e. The Balaban J connectivity index is 2.95. The van der Waals surface area contributed by atoms with E-state index >= 15 is 0 Å². The Morgan fingerprint density at radius 1 is 1.71 bits per heavy atom. The Kier molecular flexibility index (Phi) is 4.03. The molecule has 0 radical (unpaired) electrons. The van der Waals surface area contributed by atoms with Crippen molar-refractivity contribution in [3.8, 4) is 0 Å². The molecular formula is C9H11NO2S2. The van der Waals surface area contributed by atoms with Crippen LogP contribution in [0.2, 0.25) is 0 Å². The normalized spacial score (nSPS) is 12.1. The highest BCUT2D eigenvalue weighted by Gasteiger charge is 2.08. The maximum absolute atomic E-state index is 10.5. The third-order valence-corrected chi connectivity index (χ3v) is 2.89. The van der Waals surface area contributed by atoms with Crippen LogP contribution in [0.15, 0.2) is 22.4 Å². The molecule has 1 aromatic rings. The first-order valence-electron chi connectivity index (χ1n) is 4.00. The average molecular weight is 229 g/mol. The molecule has 0 fully saturated rings. The van der Waals surface area contributed by atoms with E-state index < -0.39 is 5.97 Å². The monoisotopic (exact) mass is 229 g/mol. The van der Waals surface area contributed by atoms with Gasteiger partial charge in [0.2, 0.25) is 0 Å². The van der Waals surface area contributed by atoms with Gasteiger partial charge in [0.25, 0.3) is 0 Å². The average Bonchev–Trinajstić information content (AvgIpc) is 2.57. The Bertz CT molecular complexity index is 344. The molecule has 1 heterocycles. The molecule has 14 heavy (non-hydrogen) atoms. The van der Waals surface area contributed by atoms with Gasteiger partial charge in [-0.2, -0.15) is 0 Å². The van der Waals surface area contributed by atoms with Crippen LogP contribution in [-0.4, -0.2) is 18.1 Å². The van der Waals surface area contributed by atoms with E-state index in [1.54, 1.807) is 18.4 Å². The Hall–Kier alpha value is -0.940. The number of carbonyl (C=O) groups is 1. The molecule has 0 atom stereocenters. The fourth-order valence-corrected chi connectivity index (χ4v) is 2.31. The number of nitrogens with one attached hydrogen (secondary N) is 1. The summed E-state index contributed by atoms with van der Waals surface area (Å²) in [4.78, 5) is 12.0. The van der Waals surface area contributed by atoms with E-state index in [-0.39, 0.29) is 6.42 Å². The summed E-state index contributed by atoms with van der Waals surface area (Å²) < 4.78 is 0. The van der Waals surface area contributed by atoms with Gasteiger partial charge in [0.1, 0.15) is 0 Å². The van der Waals surface area contributed by atoms with Crippen molar-refractivity contribution in [3.05, 3.63) is 27.3 Å². The molecule has 76 valence electrons. The first-order chi connectivity index (χ1) is 6.65. The smallest absolute Gasteiger partial charge is 0.308 e. The van der Waals surface area contributed by atoms with Gasteiger partial charge in [-0.15, -0.1) is 24.0 Å². The molecule has 1 aromatic heterocycles. The van der Waals surface area contributed by atoms with Gasteiger partial charge in [-0.3, -0.25) is 4.79 Å². The highest BCUT2D eigenvalue weighted by Crippen LogP contribution is 2.24. The number of thiophene rings is 1. The van der Waals surface area contributed by atoms with Crippen LogP contribution in [0, 0.1) is 0 Å². The SMILES string of the molecule is CN/C(=C(\S)CC(=O)O)c1cccs1. The van der Waals surface area contributed by atoms with Gasteiger partial charge in [0.05, 0.1) is 17.0 Å². The fraction of sp³-hybridized carbons (Fsp3) is 0.222. The van der Waals surface area contributed by atoms with Gasteiger partial charge in [0.15, 0.2) is 0 Å². The van der Waals surface area contributed by atoms with Crippen LogP contribution in [0.1, 0.15) is 11.3 Å². The molecule has 1 rings (SSSR count). The third kappa shape index (κ3) is 2.78. The van der Waals surface area contributed by atoms with Crippen molar-refractivity contribution < 1.29 is 9.90 Å². The quantitative estimate of drug-likeness (QED) is 0.692. The van der Waals surface area contributed by atoms with Gasteiger partial charge in [-0.1, -0.05) is 6.07 Å². The van der Waals surface area contributed by atoms with Crippen molar-refractivity contribution in [2.45, 2.75) is 6.42 Å². The third-order valence-electron chi connectivity index (χ3n) is 1.62. The van der Waals surface area contributed by atoms with Crippen LogP contribution in [0.5, 0.6) is 0 Å². The van der Waals surface area contributed by atoms with Crippen LogP contribution in [-0.2, 0) is 4.79 Å². The number of rotatable bonds is 4. The molecule has 0 bridgehead atoms. The summed E-state index contributed by atoms with van der Waals surface area (Å²) >= 11 is 5.72. The molecule has 0 aromatic carbocycles. The Labute approximate surface area is 91.9 Å². The lowest BCUT2D eigenvalue weighted by Crippen LogP contribution is -2.07. The van der Waals surface area contributed by atoms with Crippen molar-refractivity contribution in [2.75, 3.05) is 7.05 Å². The summed E-state index contributed by atoms with van der Waals surface area (Å²) in [6.45, 7) is 0. The van der Waals surface area contributed by atoms with E-state index in [4.69, 9.17) is 5.11 Å². The van der Waals surface area contributed by atoms with E-state index in [0.29, 0.717) is 4.91 Å². The largest absolute Gasteiger partial charge is 0.481 e. The highest BCUT2D eigenvalue weighted by molar-refractivity contribution is 7.84. The number of hydrogen-bond donors (Lipinski definition) is 3. The van der Waals surface area contributed by atoms with Crippen LogP contribution in [0.3, 0.4) is 0 Å². The molecule has 0 saturated carbocycles. The Morgan fingerprint density at radius 3 is 2.86 bits per heavy atom. The van der Waals surface area contributed by atoms with Crippen molar-refractivity contribution in [3.63, 3.8) is 0 Å². The minimum Gasteiger partial charge on any atom is -0.481 e. The second-order valence-electron chi connectivity index (χ2n) is 2.62. The van der Waals surface area contributed by atoms with Crippen LogP contribution >= 0.6 is 24.0 Å². The number of hydrogen-bond acceptors (Lipinski definition) is 4. The molecule has 0 saturated heterocycles. The summed E-state index contributed by atoms with van der Waals surface area (Å²) in [7, 11) is 1.76. The zero-order chi connectivity index (χ0) is 10.6. The molecule has 0 aliphatic carbocycles. The summed E-state index contributed by atoms with van der Waals surface area (Å²) in [5, 5.41) is 13.5. The van der Waals surface area contributed by atoms with Crippen LogP contribution in [0.25, 0.3) is 5.70 Å². The van der Waals surface area contributed by atoms with E-state index in [2.05, 4.69) is 17.9 Å². The molecule has 0 aliphatic heterocycles. The molecule has 0 spiro atoms. The summed E-state index contributed by atoms with van der Waals surface area (Å²) in [6, 6.07) is 3.84. The molecule has 2 N–H and O–H groups in total. The van der Waals surface area contributed by atoms with Crippen LogP contribution in [0.4, 0.5) is 0 Å². The predicted octanol–water partition coefficient (Wildman–Crippen LogP) is 2.04.